The number of nitrogens with one attached hydrogen (secondary N) is 1. The summed E-state index contributed by atoms with van der Waals surface area (Å²) in [5.74, 6) is -0.166. The van der Waals surface area contributed by atoms with Crippen LogP contribution in [0.4, 0.5) is 10.1 Å². The van der Waals surface area contributed by atoms with Crippen LogP contribution >= 0.6 is 0 Å². The smallest absolute Gasteiger partial charge is 0.153 e. The topological polar surface area (TPSA) is 35.6 Å². The first-order valence-corrected chi connectivity index (χ1v) is 8.04. The van der Waals surface area contributed by atoms with Gasteiger partial charge in [-0.05, 0) is 35.9 Å². The quantitative estimate of drug-likeness (QED) is 0.750. The van der Waals surface area contributed by atoms with Crippen molar-refractivity contribution in [1.82, 2.24) is 4.98 Å². The van der Waals surface area contributed by atoms with Crippen LogP contribution in [0.3, 0.4) is 0 Å². The summed E-state index contributed by atoms with van der Waals surface area (Å²) in [6.45, 7) is 1.02. The molecule has 118 valence electrons. The molecule has 1 aliphatic heterocycles. The Hall–Kier alpha value is -2.33. The van der Waals surface area contributed by atoms with Gasteiger partial charge in [-0.3, -0.25) is 0 Å². The van der Waals surface area contributed by atoms with Crippen molar-refractivity contribution in [2.24, 2.45) is 0 Å². The molecule has 0 aliphatic carbocycles. The molecule has 3 aromatic rings. The first-order valence-electron chi connectivity index (χ1n) is 8.04. The summed E-state index contributed by atoms with van der Waals surface area (Å²) in [5, 5.41) is 3.39. The van der Waals surface area contributed by atoms with Gasteiger partial charge in [0.05, 0.1) is 12.2 Å². The molecule has 0 saturated heterocycles. The predicted molar refractivity (Wildman–Crippen MR) is 91.4 cm³/mol. The molecule has 0 bridgehead atoms. The van der Waals surface area contributed by atoms with E-state index in [9.17, 15) is 4.39 Å². The SMILES string of the molecule is CN(C)c1ccc([C@H]2[NH2+]CCc3c2[nH]c2ccc(F)cc32)cc1. The van der Waals surface area contributed by atoms with Crippen LogP contribution in [0.1, 0.15) is 22.9 Å². The summed E-state index contributed by atoms with van der Waals surface area (Å²) in [7, 11) is 4.10. The summed E-state index contributed by atoms with van der Waals surface area (Å²) in [6.07, 6.45) is 0.977. The molecule has 1 aromatic heterocycles. The summed E-state index contributed by atoms with van der Waals surface area (Å²) in [5.41, 5.74) is 5.99. The highest BCUT2D eigenvalue weighted by molar-refractivity contribution is 5.85. The number of quaternary nitrogens is 1. The Labute approximate surface area is 135 Å². The summed E-state index contributed by atoms with van der Waals surface area (Å²) < 4.78 is 13.6. The summed E-state index contributed by atoms with van der Waals surface area (Å²) >= 11 is 0. The second-order valence-electron chi connectivity index (χ2n) is 6.45. The molecule has 1 atom stereocenters. The second-order valence-corrected chi connectivity index (χ2v) is 6.45. The van der Waals surface area contributed by atoms with Crippen LogP contribution < -0.4 is 10.2 Å². The fourth-order valence-electron chi connectivity index (χ4n) is 3.57. The molecule has 3 nitrogen and oxygen atoms in total. The van der Waals surface area contributed by atoms with Gasteiger partial charge in [-0.15, -0.1) is 0 Å². The van der Waals surface area contributed by atoms with Crippen LogP contribution in [0.15, 0.2) is 42.5 Å². The molecule has 2 aromatic carbocycles. The molecule has 2 heterocycles. The number of anilines is 1. The largest absolute Gasteiger partial charge is 0.378 e. The molecule has 0 amide bonds. The van der Waals surface area contributed by atoms with Crippen LogP contribution in [0.5, 0.6) is 0 Å². The van der Waals surface area contributed by atoms with Crippen LogP contribution in [0, 0.1) is 5.82 Å². The minimum absolute atomic E-state index is 0.166. The predicted octanol–water partition coefficient (Wildman–Crippen LogP) is 2.58. The molecular weight excluding hydrogens is 289 g/mol. The number of H-pyrrole nitrogens is 1. The fraction of sp³-hybridized carbons (Fsp3) is 0.263. The van der Waals surface area contributed by atoms with Gasteiger partial charge in [0.2, 0.25) is 0 Å². The van der Waals surface area contributed by atoms with Gasteiger partial charge in [0, 0.05) is 42.7 Å². The Morgan fingerprint density at radius 2 is 1.91 bits per heavy atom. The van der Waals surface area contributed by atoms with Gasteiger partial charge in [0.1, 0.15) is 5.82 Å². The number of benzene rings is 2. The average molecular weight is 310 g/mol. The molecule has 23 heavy (non-hydrogen) atoms. The molecule has 0 unspecified atom stereocenters. The minimum atomic E-state index is -0.166. The van der Waals surface area contributed by atoms with Crippen LogP contribution in [-0.2, 0) is 6.42 Å². The van der Waals surface area contributed by atoms with Crippen molar-refractivity contribution in [3.8, 4) is 0 Å². The van der Waals surface area contributed by atoms with Crippen molar-refractivity contribution in [1.29, 1.82) is 0 Å². The zero-order chi connectivity index (χ0) is 16.0. The van der Waals surface area contributed by atoms with Crippen LogP contribution in [0.2, 0.25) is 0 Å². The number of fused-ring (bicyclic) bond motifs is 3. The monoisotopic (exact) mass is 310 g/mol. The maximum Gasteiger partial charge on any atom is 0.153 e. The number of rotatable bonds is 2. The van der Waals surface area contributed by atoms with E-state index in [1.165, 1.54) is 28.6 Å². The molecule has 4 rings (SSSR count). The van der Waals surface area contributed by atoms with E-state index in [0.717, 1.165) is 23.9 Å². The van der Waals surface area contributed by atoms with E-state index in [1.54, 1.807) is 6.07 Å². The number of nitrogens with two attached hydrogens (primary N) is 1. The number of nitrogens with zero attached hydrogens (tertiary/aromatic N) is 1. The third-order valence-electron chi connectivity index (χ3n) is 4.78. The first-order chi connectivity index (χ1) is 11.1. The lowest BCUT2D eigenvalue weighted by molar-refractivity contribution is -0.690. The third-order valence-corrected chi connectivity index (χ3v) is 4.78. The lowest BCUT2D eigenvalue weighted by Crippen LogP contribution is -2.87. The molecular formula is C19H21FN3+. The molecule has 4 heteroatoms. The Kier molecular flexibility index (Phi) is 3.34. The zero-order valence-corrected chi connectivity index (χ0v) is 13.4. The van der Waals surface area contributed by atoms with E-state index >= 15 is 0 Å². The van der Waals surface area contributed by atoms with Gasteiger partial charge in [-0.2, -0.15) is 0 Å². The standard InChI is InChI=1S/C19H20FN3/c1-23(2)14-6-3-12(4-7-14)18-19-15(9-10-21-18)16-11-13(20)5-8-17(16)22-19/h3-8,11,18,21-22H,9-10H2,1-2H3/p+1/t18-/m1/s1. The van der Waals surface area contributed by atoms with E-state index in [4.69, 9.17) is 0 Å². The van der Waals surface area contributed by atoms with Gasteiger partial charge < -0.3 is 15.2 Å². The van der Waals surface area contributed by atoms with E-state index in [1.807, 2.05) is 20.2 Å². The molecule has 0 fully saturated rings. The highest BCUT2D eigenvalue weighted by Crippen LogP contribution is 2.31. The van der Waals surface area contributed by atoms with E-state index < -0.39 is 0 Å². The number of hydrogen-bond donors (Lipinski definition) is 2. The Balaban J connectivity index is 1.79. The van der Waals surface area contributed by atoms with Crippen LogP contribution in [-0.4, -0.2) is 25.6 Å². The Bertz CT molecular complexity index is 849. The lowest BCUT2D eigenvalue weighted by Gasteiger charge is -2.22. The van der Waals surface area contributed by atoms with E-state index in [2.05, 4.69) is 39.5 Å². The van der Waals surface area contributed by atoms with Crippen LogP contribution in [0.25, 0.3) is 10.9 Å². The molecule has 0 radical (unpaired) electrons. The highest BCUT2D eigenvalue weighted by Gasteiger charge is 2.28. The van der Waals surface area contributed by atoms with Gasteiger partial charge in [-0.25, -0.2) is 4.39 Å². The Morgan fingerprint density at radius 1 is 1.13 bits per heavy atom. The van der Waals surface area contributed by atoms with Crippen molar-refractivity contribution >= 4 is 16.6 Å². The molecule has 0 saturated carbocycles. The van der Waals surface area contributed by atoms with Gasteiger partial charge in [-0.1, -0.05) is 12.1 Å². The molecule has 0 spiro atoms. The number of halogens is 1. The van der Waals surface area contributed by atoms with E-state index in [-0.39, 0.29) is 11.9 Å². The van der Waals surface area contributed by atoms with Gasteiger partial charge in [0.25, 0.3) is 0 Å². The fourth-order valence-corrected chi connectivity index (χ4v) is 3.57. The van der Waals surface area contributed by atoms with E-state index in [0.29, 0.717) is 0 Å². The van der Waals surface area contributed by atoms with Crippen molar-refractivity contribution in [2.75, 3.05) is 25.5 Å². The maximum absolute atomic E-state index is 13.6. The number of hydrogen-bond acceptors (Lipinski definition) is 1. The normalized spacial score (nSPS) is 17.3. The average Bonchev–Trinajstić information content (AvgIpc) is 2.93. The number of aromatic amines is 1. The Morgan fingerprint density at radius 3 is 2.65 bits per heavy atom. The van der Waals surface area contributed by atoms with Crippen molar-refractivity contribution in [3.63, 3.8) is 0 Å². The van der Waals surface area contributed by atoms with Crippen molar-refractivity contribution < 1.29 is 9.71 Å². The summed E-state index contributed by atoms with van der Waals surface area (Å²) in [6, 6.07) is 14.0. The van der Waals surface area contributed by atoms with Gasteiger partial charge >= 0.3 is 0 Å². The maximum atomic E-state index is 13.6. The molecule has 3 N–H and O–H groups in total. The lowest BCUT2D eigenvalue weighted by atomic mass is 9.94. The van der Waals surface area contributed by atoms with Crippen molar-refractivity contribution in [2.45, 2.75) is 12.5 Å². The summed E-state index contributed by atoms with van der Waals surface area (Å²) in [4.78, 5) is 5.62. The third kappa shape index (κ3) is 2.39. The highest BCUT2D eigenvalue weighted by atomic mass is 19.1. The molecule has 1 aliphatic rings. The first kappa shape index (κ1) is 14.3. The minimum Gasteiger partial charge on any atom is -0.378 e. The van der Waals surface area contributed by atoms with Gasteiger partial charge in [0.15, 0.2) is 6.04 Å². The number of aromatic nitrogens is 1. The van der Waals surface area contributed by atoms with Crippen molar-refractivity contribution in [3.05, 3.63) is 65.1 Å². The zero-order valence-electron chi connectivity index (χ0n) is 13.4. The second kappa shape index (κ2) is 5.39.